The van der Waals surface area contributed by atoms with Gasteiger partial charge in [0.05, 0.1) is 24.7 Å². The van der Waals surface area contributed by atoms with Gasteiger partial charge in [-0.05, 0) is 67.6 Å². The van der Waals surface area contributed by atoms with Crippen molar-refractivity contribution >= 4 is 11.9 Å². The molecular weight excluding hydrogens is 360 g/mol. The Hall–Kier alpha value is -3.79. The topological polar surface area (TPSA) is 35.8 Å². The van der Waals surface area contributed by atoms with E-state index in [1.807, 2.05) is 72.9 Å². The van der Waals surface area contributed by atoms with Crippen LogP contribution in [0.3, 0.4) is 0 Å². The van der Waals surface area contributed by atoms with Gasteiger partial charge in [0.25, 0.3) is 0 Å². The zero-order chi connectivity index (χ0) is 20.1. The molecule has 0 bridgehead atoms. The molecule has 0 spiro atoms. The fraction of sp³-hybridized carbons (Fsp3) is 0.0800. The van der Waals surface area contributed by atoms with Crippen molar-refractivity contribution in [3.63, 3.8) is 0 Å². The first-order valence-electron chi connectivity index (χ1n) is 9.43. The molecule has 1 heterocycles. The second-order valence-electron chi connectivity index (χ2n) is 6.60. The minimum absolute atomic E-state index is 0.733. The summed E-state index contributed by atoms with van der Waals surface area (Å²) in [5.41, 5.74) is 4.19. The maximum Gasteiger partial charge on any atom is 0.131 e. The smallest absolute Gasteiger partial charge is 0.131 e. The molecule has 3 aromatic carbocycles. The predicted molar refractivity (Wildman–Crippen MR) is 117 cm³/mol. The van der Waals surface area contributed by atoms with E-state index in [4.69, 9.17) is 9.47 Å². The molecule has 0 aliphatic heterocycles. The van der Waals surface area contributed by atoms with E-state index in [2.05, 4.69) is 40.7 Å². The lowest BCUT2D eigenvalue weighted by Gasteiger charge is -2.09. The molecule has 0 fully saturated rings. The second kappa shape index (κ2) is 8.48. The van der Waals surface area contributed by atoms with Crippen molar-refractivity contribution in [2.45, 2.75) is 6.92 Å². The fourth-order valence-electron chi connectivity index (χ4n) is 3.13. The van der Waals surface area contributed by atoms with Crippen LogP contribution in [-0.4, -0.2) is 17.9 Å². The van der Waals surface area contributed by atoms with Gasteiger partial charge >= 0.3 is 0 Å². The maximum absolute atomic E-state index is 5.88. The van der Waals surface area contributed by atoms with Crippen LogP contribution in [-0.2, 0) is 0 Å². The highest BCUT2D eigenvalue weighted by Gasteiger charge is 2.05. The number of hydrogen-bond acceptors (Lipinski definition) is 3. The van der Waals surface area contributed by atoms with Gasteiger partial charge < -0.3 is 14.0 Å². The highest BCUT2D eigenvalue weighted by Crippen LogP contribution is 2.27. The fourth-order valence-corrected chi connectivity index (χ4v) is 3.13. The number of para-hydroxylation sites is 1. The first kappa shape index (κ1) is 18.6. The lowest BCUT2D eigenvalue weighted by Crippen LogP contribution is -2.00. The number of hydrogen-bond donors (Lipinski definition) is 0. The van der Waals surface area contributed by atoms with Crippen molar-refractivity contribution in [3.8, 4) is 22.9 Å². The summed E-state index contributed by atoms with van der Waals surface area (Å²) in [5, 5.41) is 0. The van der Waals surface area contributed by atoms with Gasteiger partial charge in [-0.2, -0.15) is 0 Å². The normalized spacial score (nSPS) is 11.0. The molecule has 4 aromatic rings. The average Bonchev–Trinajstić information content (AvgIpc) is 3.14. The van der Waals surface area contributed by atoms with Gasteiger partial charge in [0, 0.05) is 17.4 Å². The van der Waals surface area contributed by atoms with E-state index in [1.54, 1.807) is 7.11 Å². The molecule has 4 rings (SSSR count). The molecule has 0 saturated heterocycles. The number of aryl methyl sites for hydroxylation is 1. The number of rotatable bonds is 6. The van der Waals surface area contributed by atoms with Gasteiger partial charge in [0.1, 0.15) is 17.2 Å². The Bertz CT molecular complexity index is 1110. The van der Waals surface area contributed by atoms with E-state index < -0.39 is 0 Å². The van der Waals surface area contributed by atoms with Crippen molar-refractivity contribution in [1.82, 2.24) is 4.57 Å². The largest absolute Gasteiger partial charge is 0.497 e. The molecule has 0 N–H and O–H groups in total. The van der Waals surface area contributed by atoms with Crippen LogP contribution in [0.1, 0.15) is 11.4 Å². The van der Waals surface area contributed by atoms with Crippen LogP contribution in [0.15, 0.2) is 96.0 Å². The van der Waals surface area contributed by atoms with E-state index in [0.717, 1.165) is 34.3 Å². The van der Waals surface area contributed by atoms with Crippen molar-refractivity contribution in [3.05, 3.63) is 102 Å². The third-order valence-corrected chi connectivity index (χ3v) is 4.58. The molecule has 0 aliphatic carbocycles. The van der Waals surface area contributed by atoms with Crippen LogP contribution in [0.4, 0.5) is 5.69 Å². The summed E-state index contributed by atoms with van der Waals surface area (Å²) in [7, 11) is 1.64. The minimum Gasteiger partial charge on any atom is -0.497 e. The molecule has 144 valence electrons. The van der Waals surface area contributed by atoms with Gasteiger partial charge in [0.2, 0.25) is 0 Å². The molecule has 0 unspecified atom stereocenters. The molecule has 4 nitrogen and oxygen atoms in total. The summed E-state index contributed by atoms with van der Waals surface area (Å²) in [4.78, 5) is 4.63. The Balaban J connectivity index is 1.50. The Kier molecular flexibility index (Phi) is 5.43. The zero-order valence-corrected chi connectivity index (χ0v) is 16.4. The third kappa shape index (κ3) is 4.38. The van der Waals surface area contributed by atoms with Crippen LogP contribution in [0.5, 0.6) is 17.2 Å². The van der Waals surface area contributed by atoms with Gasteiger partial charge in [0.15, 0.2) is 0 Å². The Morgan fingerprint density at radius 3 is 2.28 bits per heavy atom. The zero-order valence-electron chi connectivity index (χ0n) is 16.4. The average molecular weight is 382 g/mol. The van der Waals surface area contributed by atoms with E-state index in [-0.39, 0.29) is 0 Å². The summed E-state index contributed by atoms with van der Waals surface area (Å²) in [5.74, 6) is 2.25. The van der Waals surface area contributed by atoms with Crippen molar-refractivity contribution < 1.29 is 9.47 Å². The highest BCUT2D eigenvalue weighted by atomic mass is 16.5. The summed E-state index contributed by atoms with van der Waals surface area (Å²) in [6.45, 7) is 2.09. The molecule has 0 radical (unpaired) electrons. The lowest BCUT2D eigenvalue weighted by atomic mass is 10.3. The molecule has 0 atom stereocenters. The molecule has 4 heteroatoms. The van der Waals surface area contributed by atoms with Gasteiger partial charge in [-0.15, -0.1) is 0 Å². The molecule has 0 amide bonds. The summed E-state index contributed by atoms with van der Waals surface area (Å²) in [6, 6.07) is 29.7. The molecular formula is C25H22N2O2. The van der Waals surface area contributed by atoms with Gasteiger partial charge in [-0.25, -0.2) is 0 Å². The monoisotopic (exact) mass is 382 g/mol. The summed E-state index contributed by atoms with van der Waals surface area (Å²) in [6.07, 6.45) is 1.89. The maximum atomic E-state index is 5.88. The van der Waals surface area contributed by atoms with Crippen LogP contribution in [0, 0.1) is 6.92 Å². The molecule has 1 aromatic heterocycles. The van der Waals surface area contributed by atoms with Gasteiger partial charge in [-0.1, -0.05) is 24.3 Å². The molecule has 0 aliphatic rings. The third-order valence-electron chi connectivity index (χ3n) is 4.58. The van der Waals surface area contributed by atoms with E-state index >= 15 is 0 Å². The van der Waals surface area contributed by atoms with Crippen LogP contribution < -0.4 is 9.47 Å². The molecule has 29 heavy (non-hydrogen) atoms. The Labute approximate surface area is 170 Å². The number of nitrogens with zero attached hydrogens (tertiary/aromatic N) is 2. The minimum atomic E-state index is 0.733. The van der Waals surface area contributed by atoms with Crippen molar-refractivity contribution in [2.24, 2.45) is 4.99 Å². The van der Waals surface area contributed by atoms with Crippen molar-refractivity contribution in [2.75, 3.05) is 7.11 Å². The quantitative estimate of drug-likeness (QED) is 0.365. The number of aromatic nitrogens is 1. The van der Waals surface area contributed by atoms with Crippen LogP contribution in [0.2, 0.25) is 0 Å². The number of methoxy groups -OCH3 is 1. The number of aliphatic imine (C=N–C) groups is 1. The SMILES string of the molecule is COc1cccc(Oc2ccc(N=Cc3ccc(C)n3-c3ccccc3)cc2)c1. The summed E-state index contributed by atoms with van der Waals surface area (Å²) >= 11 is 0. The Morgan fingerprint density at radius 2 is 1.52 bits per heavy atom. The van der Waals surface area contributed by atoms with E-state index in [9.17, 15) is 0 Å². The first-order chi connectivity index (χ1) is 14.2. The second-order valence-corrected chi connectivity index (χ2v) is 6.60. The number of benzene rings is 3. The van der Waals surface area contributed by atoms with E-state index in [1.165, 1.54) is 5.69 Å². The predicted octanol–water partition coefficient (Wildman–Crippen LogP) is 6.34. The van der Waals surface area contributed by atoms with E-state index in [0.29, 0.717) is 0 Å². The standard InChI is InChI=1S/C25H22N2O2/c1-19-11-14-22(27(19)21-7-4-3-5-8-21)18-26-20-12-15-23(16-13-20)29-25-10-6-9-24(17-25)28-2/h3-18H,1-2H3. The van der Waals surface area contributed by atoms with Crippen LogP contribution >= 0.6 is 0 Å². The van der Waals surface area contributed by atoms with Crippen LogP contribution in [0.25, 0.3) is 5.69 Å². The highest BCUT2D eigenvalue weighted by molar-refractivity contribution is 5.81. The number of ether oxygens (including phenoxy) is 2. The van der Waals surface area contributed by atoms with Crippen molar-refractivity contribution in [1.29, 1.82) is 0 Å². The van der Waals surface area contributed by atoms with Gasteiger partial charge in [-0.3, -0.25) is 4.99 Å². The lowest BCUT2D eigenvalue weighted by molar-refractivity contribution is 0.409. The Morgan fingerprint density at radius 1 is 0.759 bits per heavy atom. The summed E-state index contributed by atoms with van der Waals surface area (Å²) < 4.78 is 13.3. The first-order valence-corrected chi connectivity index (χ1v) is 9.43. The molecule has 0 saturated carbocycles.